The third kappa shape index (κ3) is 6.21. The molecule has 4 aliphatic rings. The van der Waals surface area contributed by atoms with Crippen LogP contribution in [0.15, 0.2) is 48.5 Å². The SMILES string of the molecule is [C-]#[O+].[C-]#[O+].[C-]#[O+].[C-]#[O+].[C-]#[O+].[C-]#[O+].[CH]1[CH][CH]C2(C34[CH][CH][CH][CH][C]3c3ccccc34)[C]([CH]1)c1ccccc12.[Mn].[Mn]. The van der Waals surface area contributed by atoms with E-state index in [1.54, 1.807) is 0 Å². The first-order valence-corrected chi connectivity index (χ1v) is 9.78. The van der Waals surface area contributed by atoms with E-state index in [1.165, 1.54) is 34.1 Å². The third-order valence-electron chi connectivity index (χ3n) is 6.20. The zero-order valence-electron chi connectivity index (χ0n) is 19.4. The molecule has 6 nitrogen and oxygen atoms in total. The smallest absolute Gasteiger partial charge is 0.0208 e. The maximum Gasteiger partial charge on any atom is 0.0208 e. The van der Waals surface area contributed by atoms with Gasteiger partial charge in [0.15, 0.2) is 0 Å². The Bertz CT molecular complexity index is 987. The number of hydrogen-bond acceptors (Lipinski definition) is 0. The van der Waals surface area contributed by atoms with E-state index in [0.717, 1.165) is 0 Å². The first kappa shape index (κ1) is 40.4. The van der Waals surface area contributed by atoms with Gasteiger partial charge in [0, 0.05) is 56.8 Å². The van der Waals surface area contributed by atoms with Gasteiger partial charge in [-0.05, 0) is 73.6 Å². The molecule has 0 spiro atoms. The molecule has 0 saturated heterocycles. The standard InChI is InChI=1S/C24H16.6CO.2Mn/c1-3-11-19-17(9-1)21-13-5-7-15-23(19,21)24-16-8-6-14-22(24)18-10-2-4-12-20(18)24;6*1-2;;/h1-16H;;;;;;;;. The summed E-state index contributed by atoms with van der Waals surface area (Å²) < 4.78 is 45.0. The molecule has 12 radical (unpaired) electrons. The summed E-state index contributed by atoms with van der Waals surface area (Å²) in [7, 11) is 0. The number of rotatable bonds is 1. The molecular formula is C30H16Mn2O6. The van der Waals surface area contributed by atoms with Gasteiger partial charge in [0.2, 0.25) is 0 Å². The fraction of sp³-hybridized carbons (Fsp3) is 0.0667. The van der Waals surface area contributed by atoms with Crippen LogP contribution in [0.3, 0.4) is 0 Å². The summed E-state index contributed by atoms with van der Waals surface area (Å²) in [6.07, 6.45) is 18.2. The Labute approximate surface area is 246 Å². The minimum Gasteiger partial charge on any atom is -0.0620 e. The summed E-state index contributed by atoms with van der Waals surface area (Å²) >= 11 is 0. The molecule has 38 heavy (non-hydrogen) atoms. The van der Waals surface area contributed by atoms with Crippen LogP contribution in [0.5, 0.6) is 0 Å². The second-order valence-corrected chi connectivity index (χ2v) is 6.97. The van der Waals surface area contributed by atoms with Crippen LogP contribution in [0, 0.1) is 103 Å². The molecular weight excluding hydrogens is 566 g/mol. The van der Waals surface area contributed by atoms with Gasteiger partial charge in [0.05, 0.1) is 0 Å². The molecule has 0 aliphatic heterocycles. The van der Waals surface area contributed by atoms with Crippen LogP contribution in [0.4, 0.5) is 0 Å². The normalized spacial score (nSPS) is 21.9. The van der Waals surface area contributed by atoms with E-state index in [1.807, 2.05) is 0 Å². The van der Waals surface area contributed by atoms with Crippen molar-refractivity contribution in [3.8, 4) is 0 Å². The largest absolute Gasteiger partial charge is 0.0620 e. The predicted octanol–water partition coefficient (Wildman–Crippen LogP) is 4.17. The first-order valence-electron chi connectivity index (χ1n) is 9.78. The van der Waals surface area contributed by atoms with Gasteiger partial charge in [-0.2, -0.15) is 0 Å². The van der Waals surface area contributed by atoms with Crippen molar-refractivity contribution in [3.05, 3.63) is 174 Å². The van der Waals surface area contributed by atoms with Crippen LogP contribution in [0.1, 0.15) is 22.3 Å². The van der Waals surface area contributed by atoms with Crippen LogP contribution in [-0.2, 0) is 72.9 Å². The molecule has 2 fully saturated rings. The van der Waals surface area contributed by atoms with Gasteiger partial charge >= 0.3 is 67.8 Å². The van der Waals surface area contributed by atoms with Crippen molar-refractivity contribution in [3.63, 3.8) is 0 Å². The van der Waals surface area contributed by atoms with Crippen molar-refractivity contribution >= 4 is 0 Å². The van der Waals surface area contributed by atoms with Gasteiger partial charge in [-0.1, -0.05) is 48.5 Å². The summed E-state index contributed by atoms with van der Waals surface area (Å²) in [4.78, 5) is 0. The fourth-order valence-electron chi connectivity index (χ4n) is 5.33. The summed E-state index contributed by atoms with van der Waals surface area (Å²) in [6, 6.07) is 17.8. The molecule has 8 heteroatoms. The molecule has 6 rings (SSSR count). The van der Waals surface area contributed by atoms with Crippen LogP contribution in [0.25, 0.3) is 0 Å². The second-order valence-electron chi connectivity index (χ2n) is 6.97. The van der Waals surface area contributed by atoms with E-state index in [9.17, 15) is 0 Å². The van der Waals surface area contributed by atoms with Gasteiger partial charge in [-0.3, -0.25) is 0 Å². The molecule has 2 aromatic carbocycles. The van der Waals surface area contributed by atoms with Crippen molar-refractivity contribution in [2.45, 2.75) is 10.8 Å². The minimum atomic E-state index is -0.0662. The molecule has 2 unspecified atom stereocenters. The predicted molar refractivity (Wildman–Crippen MR) is 119 cm³/mol. The number of fused-ring (bicyclic) bond motifs is 9. The van der Waals surface area contributed by atoms with Crippen LogP contribution < -0.4 is 0 Å². The number of hydrogen-bond donors (Lipinski definition) is 0. The molecule has 0 bridgehead atoms. The zero-order valence-corrected chi connectivity index (χ0v) is 21.8. The Morgan fingerprint density at radius 1 is 0.421 bits per heavy atom. The Morgan fingerprint density at radius 3 is 1.03 bits per heavy atom. The van der Waals surface area contributed by atoms with E-state index in [4.69, 9.17) is 27.9 Å². The quantitative estimate of drug-likeness (QED) is 0.273. The van der Waals surface area contributed by atoms with Crippen LogP contribution >= 0.6 is 0 Å². The van der Waals surface area contributed by atoms with Gasteiger partial charge < -0.3 is 0 Å². The van der Waals surface area contributed by atoms with Gasteiger partial charge in [-0.15, -0.1) is 0 Å². The van der Waals surface area contributed by atoms with E-state index < -0.39 is 0 Å². The molecule has 4 aliphatic carbocycles. The molecule has 0 N–H and O–H groups in total. The summed E-state index contributed by atoms with van der Waals surface area (Å²) in [5.74, 6) is 2.90. The van der Waals surface area contributed by atoms with Gasteiger partial charge in [0.1, 0.15) is 0 Å². The third-order valence-corrected chi connectivity index (χ3v) is 6.20. The molecule has 2 saturated carbocycles. The van der Waals surface area contributed by atoms with E-state index in [2.05, 4.69) is 140 Å². The Balaban J connectivity index is -0.000000783. The average Bonchev–Trinajstić information content (AvgIpc) is 3.00. The fourth-order valence-corrected chi connectivity index (χ4v) is 5.33. The Kier molecular flexibility index (Phi) is 22.2. The number of benzene rings is 2. The average molecular weight is 582 g/mol. The molecule has 186 valence electrons. The van der Waals surface area contributed by atoms with E-state index in [-0.39, 0.29) is 45.0 Å². The summed E-state index contributed by atoms with van der Waals surface area (Å²) in [5.41, 5.74) is 5.57. The zero-order chi connectivity index (χ0) is 27.8. The van der Waals surface area contributed by atoms with Crippen molar-refractivity contribution in [2.75, 3.05) is 0 Å². The molecule has 2 aromatic rings. The van der Waals surface area contributed by atoms with Gasteiger partial charge in [-0.25, -0.2) is 0 Å². The summed E-state index contributed by atoms with van der Waals surface area (Å²) in [5, 5.41) is 0. The summed E-state index contributed by atoms with van der Waals surface area (Å²) in [6.45, 7) is 27.0. The van der Waals surface area contributed by atoms with Crippen LogP contribution in [-0.4, -0.2) is 0 Å². The second kappa shape index (κ2) is 20.8. The molecule has 0 aromatic heterocycles. The van der Waals surface area contributed by atoms with E-state index in [0.29, 0.717) is 0 Å². The van der Waals surface area contributed by atoms with E-state index >= 15 is 0 Å². The molecule has 0 amide bonds. The van der Waals surface area contributed by atoms with Crippen LogP contribution in [0.2, 0.25) is 0 Å². The maximum absolute atomic E-state index is 7.50. The van der Waals surface area contributed by atoms with Crippen molar-refractivity contribution in [1.29, 1.82) is 0 Å². The maximum atomic E-state index is 7.50. The van der Waals surface area contributed by atoms with Gasteiger partial charge in [0.25, 0.3) is 0 Å². The molecule has 0 heterocycles. The monoisotopic (exact) mass is 582 g/mol. The Hall–Kier alpha value is -2.08. The van der Waals surface area contributed by atoms with Crippen molar-refractivity contribution in [2.24, 2.45) is 0 Å². The first-order chi connectivity index (χ1) is 17.9. The van der Waals surface area contributed by atoms with Crippen molar-refractivity contribution < 1.29 is 62.1 Å². The Morgan fingerprint density at radius 2 is 0.711 bits per heavy atom. The minimum absolute atomic E-state index is 0. The van der Waals surface area contributed by atoms with Crippen molar-refractivity contribution in [1.82, 2.24) is 0 Å². The topological polar surface area (TPSA) is 119 Å². The molecule has 2 atom stereocenters.